The topological polar surface area (TPSA) is 50.2 Å². The highest BCUT2D eigenvalue weighted by molar-refractivity contribution is 8.00. The van der Waals surface area contributed by atoms with E-state index in [1.165, 1.54) is 5.69 Å². The number of hydrogen-bond acceptors (Lipinski definition) is 3. The molecule has 2 amide bonds. The molecule has 1 aromatic rings. The van der Waals surface area contributed by atoms with E-state index < -0.39 is 0 Å². The predicted molar refractivity (Wildman–Crippen MR) is 92.4 cm³/mol. The minimum Gasteiger partial charge on any atom is -0.338 e. The first kappa shape index (κ1) is 17.2. The number of nitrogens with one attached hydrogen (secondary N) is 1. The standard InChI is InChI=1S/C16H28N4OS/c1-12(2)15-11-19(8-9-22-15)16(21)17-6-5-7-20-14(4)10-13(3)18-20/h10,12,15H,5-9,11H2,1-4H3,(H,17,21)/t15-/m0/s1. The lowest BCUT2D eigenvalue weighted by molar-refractivity contribution is 0.197. The van der Waals surface area contributed by atoms with E-state index in [-0.39, 0.29) is 6.03 Å². The van der Waals surface area contributed by atoms with Crippen LogP contribution in [0.2, 0.25) is 0 Å². The largest absolute Gasteiger partial charge is 0.338 e. The molecule has 1 fully saturated rings. The van der Waals surface area contributed by atoms with Gasteiger partial charge in [0, 0.05) is 42.9 Å². The molecule has 0 radical (unpaired) electrons. The summed E-state index contributed by atoms with van der Waals surface area (Å²) in [6.45, 7) is 11.8. The quantitative estimate of drug-likeness (QED) is 0.847. The second kappa shape index (κ2) is 7.90. The van der Waals surface area contributed by atoms with Gasteiger partial charge >= 0.3 is 6.03 Å². The summed E-state index contributed by atoms with van der Waals surface area (Å²) in [6, 6.07) is 2.16. The summed E-state index contributed by atoms with van der Waals surface area (Å²) in [5.41, 5.74) is 2.23. The molecule has 0 aromatic carbocycles. The van der Waals surface area contributed by atoms with Crippen LogP contribution in [0.5, 0.6) is 0 Å². The van der Waals surface area contributed by atoms with Gasteiger partial charge in [0.2, 0.25) is 0 Å². The lowest BCUT2D eigenvalue weighted by Gasteiger charge is -2.34. The van der Waals surface area contributed by atoms with Gasteiger partial charge in [0.25, 0.3) is 0 Å². The fourth-order valence-electron chi connectivity index (χ4n) is 2.70. The number of amides is 2. The van der Waals surface area contributed by atoms with E-state index in [1.54, 1.807) is 0 Å². The Kier molecular flexibility index (Phi) is 6.17. The van der Waals surface area contributed by atoms with E-state index >= 15 is 0 Å². The third-order valence-corrected chi connectivity index (χ3v) is 5.59. The van der Waals surface area contributed by atoms with Crippen molar-refractivity contribution in [2.45, 2.75) is 45.9 Å². The zero-order valence-corrected chi connectivity index (χ0v) is 14.9. The number of thioether (sulfide) groups is 1. The van der Waals surface area contributed by atoms with Crippen LogP contribution in [0.4, 0.5) is 4.79 Å². The highest BCUT2D eigenvalue weighted by Crippen LogP contribution is 2.24. The molecule has 2 rings (SSSR count). The molecule has 1 aliphatic rings. The van der Waals surface area contributed by atoms with Crippen molar-refractivity contribution in [3.63, 3.8) is 0 Å². The van der Waals surface area contributed by atoms with Crippen molar-refractivity contribution in [3.8, 4) is 0 Å². The van der Waals surface area contributed by atoms with Gasteiger partial charge in [-0.15, -0.1) is 0 Å². The monoisotopic (exact) mass is 324 g/mol. The predicted octanol–water partition coefficient (Wildman–Crippen LogP) is 2.67. The number of aryl methyl sites for hydroxylation is 3. The summed E-state index contributed by atoms with van der Waals surface area (Å²) in [5.74, 6) is 1.66. The average molecular weight is 324 g/mol. The molecule has 0 spiro atoms. The van der Waals surface area contributed by atoms with Crippen molar-refractivity contribution in [1.82, 2.24) is 20.0 Å². The van der Waals surface area contributed by atoms with Crippen molar-refractivity contribution >= 4 is 17.8 Å². The van der Waals surface area contributed by atoms with E-state index in [2.05, 4.69) is 37.3 Å². The van der Waals surface area contributed by atoms with Gasteiger partial charge in [-0.3, -0.25) is 4.68 Å². The van der Waals surface area contributed by atoms with Crippen molar-refractivity contribution in [2.75, 3.05) is 25.4 Å². The maximum absolute atomic E-state index is 12.2. The first-order valence-corrected chi connectivity index (χ1v) is 9.17. The van der Waals surface area contributed by atoms with Crippen LogP contribution in [-0.2, 0) is 6.54 Å². The molecular weight excluding hydrogens is 296 g/mol. The van der Waals surface area contributed by atoms with Crippen molar-refractivity contribution in [2.24, 2.45) is 5.92 Å². The van der Waals surface area contributed by atoms with Gasteiger partial charge in [0.05, 0.1) is 5.69 Å². The van der Waals surface area contributed by atoms with Gasteiger partial charge in [-0.1, -0.05) is 13.8 Å². The van der Waals surface area contributed by atoms with Crippen LogP contribution in [0, 0.1) is 19.8 Å². The molecule has 5 nitrogen and oxygen atoms in total. The molecular formula is C16H28N4OS. The molecule has 124 valence electrons. The van der Waals surface area contributed by atoms with Crippen LogP contribution in [-0.4, -0.2) is 51.3 Å². The smallest absolute Gasteiger partial charge is 0.317 e. The summed E-state index contributed by atoms with van der Waals surface area (Å²) in [6.07, 6.45) is 0.907. The van der Waals surface area contributed by atoms with Gasteiger partial charge in [-0.05, 0) is 32.3 Å². The maximum atomic E-state index is 12.2. The molecule has 2 heterocycles. The lowest BCUT2D eigenvalue weighted by atomic mass is 10.1. The Morgan fingerprint density at radius 2 is 2.27 bits per heavy atom. The fraction of sp³-hybridized carbons (Fsp3) is 0.750. The Morgan fingerprint density at radius 3 is 2.91 bits per heavy atom. The summed E-state index contributed by atoms with van der Waals surface area (Å²) in [7, 11) is 0. The summed E-state index contributed by atoms with van der Waals surface area (Å²) >= 11 is 1.99. The first-order valence-electron chi connectivity index (χ1n) is 8.13. The molecule has 0 saturated carbocycles. The second-order valence-corrected chi connectivity index (χ2v) is 7.68. The average Bonchev–Trinajstić information content (AvgIpc) is 2.81. The third-order valence-electron chi connectivity index (χ3n) is 4.05. The zero-order valence-electron chi connectivity index (χ0n) is 14.1. The SMILES string of the molecule is Cc1cc(C)n(CCCNC(=O)N2CCS[C@H](C(C)C)C2)n1. The Hall–Kier alpha value is -1.17. The molecule has 22 heavy (non-hydrogen) atoms. The molecule has 1 N–H and O–H groups in total. The van der Waals surface area contributed by atoms with E-state index in [1.807, 2.05) is 28.3 Å². The Bertz CT molecular complexity index is 500. The number of carbonyl (C=O) groups is 1. The van der Waals surface area contributed by atoms with Gasteiger partial charge in [0.1, 0.15) is 0 Å². The maximum Gasteiger partial charge on any atom is 0.317 e. The van der Waals surface area contributed by atoms with Gasteiger partial charge < -0.3 is 10.2 Å². The van der Waals surface area contributed by atoms with Crippen LogP contribution in [0.15, 0.2) is 6.07 Å². The van der Waals surface area contributed by atoms with Crippen LogP contribution in [0.1, 0.15) is 31.7 Å². The molecule has 1 saturated heterocycles. The van der Waals surface area contributed by atoms with Crippen molar-refractivity contribution in [3.05, 3.63) is 17.5 Å². The second-order valence-electron chi connectivity index (χ2n) is 6.33. The normalized spacial score (nSPS) is 18.8. The van der Waals surface area contributed by atoms with Gasteiger partial charge in [0.15, 0.2) is 0 Å². The number of nitrogens with zero attached hydrogens (tertiary/aromatic N) is 3. The Balaban J connectivity index is 1.70. The summed E-state index contributed by atoms with van der Waals surface area (Å²) in [5, 5.41) is 8.05. The number of aromatic nitrogens is 2. The molecule has 1 atom stereocenters. The van der Waals surface area contributed by atoms with Gasteiger partial charge in [-0.2, -0.15) is 16.9 Å². The van der Waals surface area contributed by atoms with Crippen LogP contribution in [0.3, 0.4) is 0 Å². The van der Waals surface area contributed by atoms with Crippen LogP contribution in [0.25, 0.3) is 0 Å². The molecule has 0 unspecified atom stereocenters. The summed E-state index contributed by atoms with van der Waals surface area (Å²) < 4.78 is 2.01. The lowest BCUT2D eigenvalue weighted by Crippen LogP contribution is -2.48. The third kappa shape index (κ3) is 4.66. The minimum atomic E-state index is 0.0827. The first-order chi connectivity index (χ1) is 10.5. The van der Waals surface area contributed by atoms with Crippen molar-refractivity contribution in [1.29, 1.82) is 0 Å². The molecule has 0 bridgehead atoms. The molecule has 1 aliphatic heterocycles. The van der Waals surface area contributed by atoms with Crippen LogP contribution >= 0.6 is 11.8 Å². The van der Waals surface area contributed by atoms with E-state index in [4.69, 9.17) is 0 Å². The van der Waals surface area contributed by atoms with E-state index in [9.17, 15) is 4.79 Å². The molecule has 6 heteroatoms. The fourth-order valence-corrected chi connectivity index (χ4v) is 4.00. The number of urea groups is 1. The van der Waals surface area contributed by atoms with Crippen LogP contribution < -0.4 is 5.32 Å². The summed E-state index contributed by atoms with van der Waals surface area (Å²) in [4.78, 5) is 14.2. The Labute approximate surface area is 137 Å². The van der Waals surface area contributed by atoms with E-state index in [0.717, 1.165) is 37.5 Å². The Morgan fingerprint density at radius 1 is 1.50 bits per heavy atom. The number of hydrogen-bond donors (Lipinski definition) is 1. The molecule has 1 aromatic heterocycles. The van der Waals surface area contributed by atoms with Crippen molar-refractivity contribution < 1.29 is 4.79 Å². The molecule has 0 aliphatic carbocycles. The zero-order chi connectivity index (χ0) is 16.1. The number of carbonyl (C=O) groups excluding carboxylic acids is 1. The highest BCUT2D eigenvalue weighted by Gasteiger charge is 2.25. The minimum absolute atomic E-state index is 0.0827. The number of rotatable bonds is 5. The van der Waals surface area contributed by atoms with E-state index in [0.29, 0.717) is 17.7 Å². The highest BCUT2D eigenvalue weighted by atomic mass is 32.2. The van der Waals surface area contributed by atoms with Gasteiger partial charge in [-0.25, -0.2) is 4.79 Å².